The molecule has 1 N–H and O–H groups in total. The second-order valence-corrected chi connectivity index (χ2v) is 8.47. The second kappa shape index (κ2) is 8.94. The van der Waals surface area contributed by atoms with E-state index in [4.69, 9.17) is 0 Å². The minimum absolute atomic E-state index is 0.0825. The van der Waals surface area contributed by atoms with Crippen LogP contribution in [0, 0.1) is 11.7 Å². The first-order chi connectivity index (χ1) is 15.3. The Labute approximate surface area is 186 Å². The molecule has 4 rings (SSSR count). The molecule has 1 saturated heterocycles. The third kappa shape index (κ3) is 4.42. The molecule has 2 aromatic rings. The Hall–Kier alpha value is -3.48. The number of carbonyl (C=O) groups excluding carboxylic acids is 3. The predicted octanol–water partition coefficient (Wildman–Crippen LogP) is 3.80. The van der Waals surface area contributed by atoms with Crippen molar-refractivity contribution in [3.05, 3.63) is 71.2 Å². The smallest absolute Gasteiger partial charge is 0.278 e. The Kier molecular flexibility index (Phi) is 6.08. The quantitative estimate of drug-likeness (QED) is 0.726. The van der Waals surface area contributed by atoms with E-state index in [1.54, 1.807) is 36.4 Å². The Morgan fingerprint density at radius 1 is 1.00 bits per heavy atom. The molecule has 6 nitrogen and oxygen atoms in total. The molecule has 0 spiro atoms. The summed E-state index contributed by atoms with van der Waals surface area (Å²) >= 11 is 0. The number of benzene rings is 2. The third-order valence-corrected chi connectivity index (χ3v) is 5.99. The number of likely N-dealkylation sites (tertiary alicyclic amines) is 1. The molecule has 0 aromatic heterocycles. The van der Waals surface area contributed by atoms with E-state index in [-0.39, 0.29) is 30.1 Å². The first-order valence-electron chi connectivity index (χ1n) is 10.8. The molecule has 166 valence electrons. The van der Waals surface area contributed by atoms with Crippen molar-refractivity contribution in [1.29, 1.82) is 0 Å². The highest BCUT2D eigenvalue weighted by molar-refractivity contribution is 6.35. The lowest BCUT2D eigenvalue weighted by molar-refractivity contribution is -0.138. The molecule has 0 aliphatic carbocycles. The van der Waals surface area contributed by atoms with Crippen LogP contribution >= 0.6 is 0 Å². The van der Waals surface area contributed by atoms with Crippen molar-refractivity contribution in [1.82, 2.24) is 9.80 Å². The maximum Gasteiger partial charge on any atom is 0.278 e. The molecule has 1 fully saturated rings. The lowest BCUT2D eigenvalue weighted by Gasteiger charge is -2.32. The SMILES string of the molecule is CC(=O)Nc1ccc(C2=C(N3CCC(C)CC3)C(=O)N(Cc3ccc(F)cc3)C2=O)cc1. The molecule has 0 radical (unpaired) electrons. The van der Waals surface area contributed by atoms with Crippen molar-refractivity contribution in [2.75, 3.05) is 18.4 Å². The maximum absolute atomic E-state index is 13.4. The number of anilines is 1. The standard InChI is InChI=1S/C25H26FN3O3/c1-16-11-13-28(14-12-16)23-22(19-5-9-21(10-6-19)27-17(2)30)24(31)29(25(23)32)15-18-3-7-20(26)8-4-18/h3-10,16H,11-15H2,1-2H3,(H,27,30). The largest absolute Gasteiger partial charge is 0.366 e. The molecular weight excluding hydrogens is 409 g/mol. The third-order valence-electron chi connectivity index (χ3n) is 5.99. The summed E-state index contributed by atoms with van der Waals surface area (Å²) in [6.45, 7) is 5.13. The molecule has 0 atom stereocenters. The van der Waals surface area contributed by atoms with Gasteiger partial charge < -0.3 is 10.2 Å². The summed E-state index contributed by atoms with van der Waals surface area (Å²) in [5, 5.41) is 2.71. The van der Waals surface area contributed by atoms with Crippen LogP contribution in [0.3, 0.4) is 0 Å². The summed E-state index contributed by atoms with van der Waals surface area (Å²) in [5.74, 6) is -0.656. The van der Waals surface area contributed by atoms with Gasteiger partial charge in [-0.05, 0) is 54.2 Å². The van der Waals surface area contributed by atoms with Crippen molar-refractivity contribution in [3.63, 3.8) is 0 Å². The molecule has 2 aliphatic heterocycles. The highest BCUT2D eigenvalue weighted by atomic mass is 19.1. The first kappa shape index (κ1) is 21.7. The normalized spacial score (nSPS) is 17.3. The number of amides is 3. The fourth-order valence-electron chi connectivity index (χ4n) is 4.19. The summed E-state index contributed by atoms with van der Waals surface area (Å²) in [6.07, 6.45) is 1.91. The summed E-state index contributed by atoms with van der Waals surface area (Å²) in [5.41, 5.74) is 2.74. The number of imide groups is 1. The van der Waals surface area contributed by atoms with Crippen molar-refractivity contribution in [2.45, 2.75) is 33.2 Å². The van der Waals surface area contributed by atoms with Gasteiger partial charge in [0.15, 0.2) is 0 Å². The Balaban J connectivity index is 1.69. The number of hydrogen-bond acceptors (Lipinski definition) is 4. The van der Waals surface area contributed by atoms with Crippen LogP contribution in [-0.4, -0.2) is 40.6 Å². The van der Waals surface area contributed by atoms with E-state index < -0.39 is 0 Å². The van der Waals surface area contributed by atoms with Crippen molar-refractivity contribution in [3.8, 4) is 0 Å². The zero-order chi connectivity index (χ0) is 22.8. The van der Waals surface area contributed by atoms with E-state index in [9.17, 15) is 18.8 Å². The summed E-state index contributed by atoms with van der Waals surface area (Å²) in [7, 11) is 0. The van der Waals surface area contributed by atoms with Crippen LogP contribution in [0.15, 0.2) is 54.2 Å². The highest BCUT2D eigenvalue weighted by Gasteiger charge is 2.42. The number of nitrogens with one attached hydrogen (secondary N) is 1. The average Bonchev–Trinajstić information content (AvgIpc) is 3.01. The summed E-state index contributed by atoms with van der Waals surface area (Å²) in [6, 6.07) is 12.8. The molecule has 2 heterocycles. The van der Waals surface area contributed by atoms with E-state index in [2.05, 4.69) is 12.2 Å². The number of nitrogens with zero attached hydrogens (tertiary/aromatic N) is 2. The number of hydrogen-bond donors (Lipinski definition) is 1. The van der Waals surface area contributed by atoms with Crippen molar-refractivity contribution < 1.29 is 18.8 Å². The Morgan fingerprint density at radius 3 is 2.22 bits per heavy atom. The number of piperidine rings is 1. The lowest BCUT2D eigenvalue weighted by atomic mass is 9.97. The fraction of sp³-hybridized carbons (Fsp3) is 0.320. The van der Waals surface area contributed by atoms with Gasteiger partial charge in [-0.25, -0.2) is 4.39 Å². The zero-order valence-corrected chi connectivity index (χ0v) is 18.2. The van der Waals surface area contributed by atoms with E-state index >= 15 is 0 Å². The van der Waals surface area contributed by atoms with Gasteiger partial charge in [0, 0.05) is 25.7 Å². The maximum atomic E-state index is 13.4. The molecule has 7 heteroatoms. The van der Waals surface area contributed by atoms with Gasteiger partial charge in [0.2, 0.25) is 5.91 Å². The van der Waals surface area contributed by atoms with Crippen LogP contribution < -0.4 is 5.32 Å². The zero-order valence-electron chi connectivity index (χ0n) is 18.2. The van der Waals surface area contributed by atoms with Gasteiger partial charge >= 0.3 is 0 Å². The van der Waals surface area contributed by atoms with E-state index in [1.165, 1.54) is 24.0 Å². The molecule has 0 saturated carbocycles. The summed E-state index contributed by atoms with van der Waals surface area (Å²) < 4.78 is 13.3. The topological polar surface area (TPSA) is 69.7 Å². The van der Waals surface area contributed by atoms with Gasteiger partial charge in [0.25, 0.3) is 11.8 Å². The van der Waals surface area contributed by atoms with Crippen LogP contribution in [0.5, 0.6) is 0 Å². The number of carbonyl (C=O) groups is 3. The van der Waals surface area contributed by atoms with Crippen molar-refractivity contribution in [2.24, 2.45) is 5.92 Å². The molecule has 2 aliphatic rings. The molecule has 0 bridgehead atoms. The predicted molar refractivity (Wildman–Crippen MR) is 120 cm³/mol. The Morgan fingerprint density at radius 2 is 1.62 bits per heavy atom. The van der Waals surface area contributed by atoms with Crippen LogP contribution in [0.4, 0.5) is 10.1 Å². The van der Waals surface area contributed by atoms with Crippen LogP contribution in [0.1, 0.15) is 37.8 Å². The number of halogens is 1. The van der Waals surface area contributed by atoms with Crippen LogP contribution in [0.2, 0.25) is 0 Å². The van der Waals surface area contributed by atoms with E-state index in [1.807, 2.05) is 4.90 Å². The lowest BCUT2D eigenvalue weighted by Crippen LogP contribution is -2.38. The van der Waals surface area contributed by atoms with Gasteiger partial charge in [-0.3, -0.25) is 19.3 Å². The molecule has 32 heavy (non-hydrogen) atoms. The summed E-state index contributed by atoms with van der Waals surface area (Å²) in [4.78, 5) is 41.4. The van der Waals surface area contributed by atoms with Gasteiger partial charge in [-0.1, -0.05) is 31.2 Å². The van der Waals surface area contributed by atoms with Gasteiger partial charge in [-0.15, -0.1) is 0 Å². The monoisotopic (exact) mass is 435 g/mol. The molecule has 0 unspecified atom stereocenters. The van der Waals surface area contributed by atoms with E-state index in [0.717, 1.165) is 12.8 Å². The number of rotatable bonds is 5. The van der Waals surface area contributed by atoms with Gasteiger partial charge in [0.05, 0.1) is 12.1 Å². The van der Waals surface area contributed by atoms with Gasteiger partial charge in [-0.2, -0.15) is 0 Å². The van der Waals surface area contributed by atoms with Crippen molar-refractivity contribution >= 4 is 29.0 Å². The molecule has 2 aromatic carbocycles. The van der Waals surface area contributed by atoms with Crippen LogP contribution in [0.25, 0.3) is 5.57 Å². The second-order valence-electron chi connectivity index (χ2n) is 8.47. The molecule has 3 amide bonds. The minimum atomic E-state index is -0.367. The van der Waals surface area contributed by atoms with Gasteiger partial charge in [0.1, 0.15) is 11.5 Å². The minimum Gasteiger partial charge on any atom is -0.366 e. The fourth-order valence-corrected chi connectivity index (χ4v) is 4.19. The highest BCUT2D eigenvalue weighted by Crippen LogP contribution is 2.35. The van der Waals surface area contributed by atoms with E-state index in [0.29, 0.717) is 47.1 Å². The first-order valence-corrected chi connectivity index (χ1v) is 10.8. The average molecular weight is 435 g/mol. The molecular formula is C25H26FN3O3. The Bertz CT molecular complexity index is 1070. The van der Waals surface area contributed by atoms with Crippen LogP contribution in [-0.2, 0) is 20.9 Å².